The van der Waals surface area contributed by atoms with E-state index in [1.165, 1.54) is 7.11 Å². The van der Waals surface area contributed by atoms with Crippen molar-refractivity contribution in [2.75, 3.05) is 19.1 Å². The lowest BCUT2D eigenvalue weighted by Crippen LogP contribution is -2.23. The van der Waals surface area contributed by atoms with Crippen LogP contribution < -0.4 is 10.9 Å². The number of hydrogen-bond donors (Lipinski definition) is 2. The number of nitro groups is 1. The van der Waals surface area contributed by atoms with E-state index in [2.05, 4.69) is 10.9 Å². The van der Waals surface area contributed by atoms with Crippen molar-refractivity contribution in [3.05, 3.63) is 44.3 Å². The standard InChI is InChI=1S/C12H13Cl2N3O5/c1-3-22-11(18)6-10(21-2)15-16-12-8(13)4-7(17(19)20)5-9(12)14/h4-6,15-16H,3H2,1-2H3/b10-6-. The van der Waals surface area contributed by atoms with E-state index in [0.29, 0.717) is 0 Å². The Morgan fingerprint density at radius 2 is 2.00 bits per heavy atom. The van der Waals surface area contributed by atoms with E-state index in [1.807, 2.05) is 0 Å². The SMILES string of the molecule is CCOC(=O)/C=C(/NNc1c(Cl)cc([N+](=O)[O-])cc1Cl)OC. The van der Waals surface area contributed by atoms with Crippen LogP contribution in [0.1, 0.15) is 6.92 Å². The van der Waals surface area contributed by atoms with E-state index in [4.69, 9.17) is 32.7 Å². The van der Waals surface area contributed by atoms with Gasteiger partial charge in [0.25, 0.3) is 5.69 Å². The minimum absolute atomic E-state index is 0.0262. The molecule has 0 saturated heterocycles. The Balaban J connectivity index is 2.87. The molecule has 0 atom stereocenters. The summed E-state index contributed by atoms with van der Waals surface area (Å²) in [5.74, 6) is -0.557. The molecule has 0 radical (unpaired) electrons. The number of nitrogens with zero attached hydrogens (tertiary/aromatic N) is 1. The van der Waals surface area contributed by atoms with E-state index in [1.54, 1.807) is 6.92 Å². The largest absolute Gasteiger partial charge is 0.481 e. The van der Waals surface area contributed by atoms with E-state index < -0.39 is 10.9 Å². The summed E-state index contributed by atoms with van der Waals surface area (Å²) in [6, 6.07) is 2.28. The Hall–Kier alpha value is -2.19. The maximum absolute atomic E-state index is 11.3. The third-order valence-corrected chi connectivity index (χ3v) is 2.90. The monoisotopic (exact) mass is 349 g/mol. The lowest BCUT2D eigenvalue weighted by molar-refractivity contribution is -0.384. The van der Waals surface area contributed by atoms with Crippen molar-refractivity contribution in [2.45, 2.75) is 6.92 Å². The van der Waals surface area contributed by atoms with Gasteiger partial charge in [0.05, 0.1) is 40.4 Å². The van der Waals surface area contributed by atoms with Crippen LogP contribution in [-0.4, -0.2) is 24.6 Å². The molecule has 120 valence electrons. The van der Waals surface area contributed by atoms with Crippen molar-refractivity contribution in [2.24, 2.45) is 0 Å². The highest BCUT2D eigenvalue weighted by atomic mass is 35.5. The normalized spacial score (nSPS) is 10.8. The Morgan fingerprint density at radius 3 is 2.45 bits per heavy atom. The zero-order valence-corrected chi connectivity index (χ0v) is 13.2. The number of hydrogen-bond acceptors (Lipinski definition) is 7. The van der Waals surface area contributed by atoms with Gasteiger partial charge in [0.1, 0.15) is 0 Å². The number of nitro benzene ring substituents is 1. The fraction of sp³-hybridized carbons (Fsp3) is 0.250. The number of hydrazine groups is 1. The molecule has 0 aliphatic carbocycles. The zero-order chi connectivity index (χ0) is 16.7. The van der Waals surface area contributed by atoms with E-state index in [9.17, 15) is 14.9 Å². The van der Waals surface area contributed by atoms with Gasteiger partial charge in [-0.2, -0.15) is 0 Å². The van der Waals surface area contributed by atoms with Crippen molar-refractivity contribution < 1.29 is 19.2 Å². The number of methoxy groups -OCH3 is 1. The van der Waals surface area contributed by atoms with Crippen molar-refractivity contribution >= 4 is 40.5 Å². The van der Waals surface area contributed by atoms with Gasteiger partial charge in [0.15, 0.2) is 0 Å². The van der Waals surface area contributed by atoms with E-state index in [0.717, 1.165) is 18.2 Å². The lowest BCUT2D eigenvalue weighted by atomic mass is 10.3. The Morgan fingerprint density at radius 1 is 1.41 bits per heavy atom. The van der Waals surface area contributed by atoms with E-state index >= 15 is 0 Å². The van der Waals surface area contributed by atoms with Gasteiger partial charge in [0, 0.05) is 12.1 Å². The number of rotatable bonds is 7. The maximum atomic E-state index is 11.3. The average Bonchev–Trinajstić information content (AvgIpc) is 2.44. The summed E-state index contributed by atoms with van der Waals surface area (Å²) in [6.45, 7) is 1.89. The summed E-state index contributed by atoms with van der Waals surface area (Å²) >= 11 is 11.8. The van der Waals surface area contributed by atoms with Gasteiger partial charge in [-0.3, -0.25) is 21.0 Å². The molecule has 1 aromatic carbocycles. The lowest BCUT2D eigenvalue weighted by Gasteiger charge is -2.14. The number of benzene rings is 1. The Bertz CT molecular complexity index is 583. The van der Waals surface area contributed by atoms with Crippen LogP contribution in [0.25, 0.3) is 0 Å². The molecular formula is C12H13Cl2N3O5. The molecule has 0 spiro atoms. The molecule has 0 aliphatic rings. The topological polar surface area (TPSA) is 103 Å². The van der Waals surface area contributed by atoms with Gasteiger partial charge < -0.3 is 9.47 Å². The van der Waals surface area contributed by atoms with Crippen molar-refractivity contribution in [1.82, 2.24) is 5.43 Å². The third kappa shape index (κ3) is 4.97. The van der Waals surface area contributed by atoms with Crippen LogP contribution in [0.5, 0.6) is 0 Å². The molecule has 0 aromatic heterocycles. The fourth-order valence-electron chi connectivity index (χ4n) is 1.35. The van der Waals surface area contributed by atoms with Gasteiger partial charge in [-0.1, -0.05) is 23.2 Å². The third-order valence-electron chi connectivity index (χ3n) is 2.30. The summed E-state index contributed by atoms with van der Waals surface area (Å²) in [6.07, 6.45) is 1.07. The summed E-state index contributed by atoms with van der Waals surface area (Å²) in [7, 11) is 1.33. The predicted molar refractivity (Wildman–Crippen MR) is 81.6 cm³/mol. The second-order valence-electron chi connectivity index (χ2n) is 3.76. The summed E-state index contributed by atoms with van der Waals surface area (Å²) in [4.78, 5) is 21.4. The van der Waals surface area contributed by atoms with Crippen molar-refractivity contribution in [3.8, 4) is 0 Å². The van der Waals surface area contributed by atoms with Gasteiger partial charge in [-0.05, 0) is 6.92 Å². The molecule has 22 heavy (non-hydrogen) atoms. The second kappa shape index (κ2) is 8.30. The molecule has 10 heteroatoms. The Labute approximate surface area is 136 Å². The molecule has 0 amide bonds. The fourth-order valence-corrected chi connectivity index (χ4v) is 1.92. The highest BCUT2D eigenvalue weighted by Gasteiger charge is 2.15. The van der Waals surface area contributed by atoms with Crippen LogP contribution in [0.3, 0.4) is 0 Å². The van der Waals surface area contributed by atoms with Crippen LogP contribution in [0, 0.1) is 10.1 Å². The average molecular weight is 350 g/mol. The van der Waals surface area contributed by atoms with Gasteiger partial charge in [-0.25, -0.2) is 4.79 Å². The van der Waals surface area contributed by atoms with Crippen LogP contribution in [0.2, 0.25) is 10.0 Å². The minimum atomic E-state index is -0.615. The number of nitrogens with one attached hydrogen (secondary N) is 2. The molecule has 1 rings (SSSR count). The molecule has 8 nitrogen and oxygen atoms in total. The number of esters is 1. The number of ether oxygens (including phenoxy) is 2. The number of carbonyl (C=O) groups is 1. The minimum Gasteiger partial charge on any atom is -0.481 e. The summed E-state index contributed by atoms with van der Waals surface area (Å²) in [5.41, 5.74) is 5.12. The molecule has 0 bridgehead atoms. The van der Waals surface area contributed by atoms with Crippen LogP contribution >= 0.6 is 23.2 Å². The van der Waals surface area contributed by atoms with Gasteiger partial charge in [-0.15, -0.1) is 0 Å². The summed E-state index contributed by atoms with van der Waals surface area (Å²) in [5, 5.41) is 10.7. The van der Waals surface area contributed by atoms with Crippen molar-refractivity contribution in [3.63, 3.8) is 0 Å². The molecule has 2 N–H and O–H groups in total. The molecule has 0 heterocycles. The summed E-state index contributed by atoms with van der Waals surface area (Å²) < 4.78 is 9.65. The highest BCUT2D eigenvalue weighted by molar-refractivity contribution is 6.39. The van der Waals surface area contributed by atoms with Crippen LogP contribution in [0.4, 0.5) is 11.4 Å². The highest BCUT2D eigenvalue weighted by Crippen LogP contribution is 2.34. The molecule has 0 aliphatic heterocycles. The van der Waals surface area contributed by atoms with Crippen LogP contribution in [-0.2, 0) is 14.3 Å². The second-order valence-corrected chi connectivity index (χ2v) is 4.57. The number of non-ortho nitro benzene ring substituents is 1. The quantitative estimate of drug-likeness (QED) is 0.256. The number of halogens is 2. The first-order chi connectivity index (χ1) is 10.4. The molecule has 0 saturated carbocycles. The smallest absolute Gasteiger partial charge is 0.336 e. The van der Waals surface area contributed by atoms with E-state index in [-0.39, 0.29) is 33.9 Å². The first kappa shape index (κ1) is 17.9. The van der Waals surface area contributed by atoms with Gasteiger partial charge >= 0.3 is 5.97 Å². The molecule has 0 fully saturated rings. The predicted octanol–water partition coefficient (Wildman–Crippen LogP) is 2.87. The molecule has 1 aromatic rings. The van der Waals surface area contributed by atoms with Crippen molar-refractivity contribution in [1.29, 1.82) is 0 Å². The molecular weight excluding hydrogens is 337 g/mol. The van der Waals surface area contributed by atoms with Crippen LogP contribution in [0.15, 0.2) is 24.1 Å². The zero-order valence-electron chi connectivity index (χ0n) is 11.7. The first-order valence-corrected chi connectivity index (χ1v) is 6.72. The Kier molecular flexibility index (Phi) is 6.74. The number of anilines is 1. The maximum Gasteiger partial charge on any atom is 0.336 e. The van der Waals surface area contributed by atoms with Gasteiger partial charge in [0.2, 0.25) is 5.88 Å². The first-order valence-electron chi connectivity index (χ1n) is 5.97. The number of carbonyl (C=O) groups excluding carboxylic acids is 1. The molecule has 0 unspecified atom stereocenters.